The molecular formula is C33H39F3N2O4. The minimum Gasteiger partial charge on any atom is -0.463 e. The summed E-state index contributed by atoms with van der Waals surface area (Å²) in [5.74, 6) is -2.34. The van der Waals surface area contributed by atoms with Gasteiger partial charge in [0.2, 0.25) is 0 Å². The molecule has 9 heteroatoms. The zero-order chi connectivity index (χ0) is 30.4. The van der Waals surface area contributed by atoms with Crippen LogP contribution in [0, 0.1) is 0 Å². The molecule has 42 heavy (non-hydrogen) atoms. The minimum absolute atomic E-state index is 0.136. The lowest BCUT2D eigenvalue weighted by molar-refractivity contribution is -0.218. The Hall–Kier alpha value is -3.75. The van der Waals surface area contributed by atoms with E-state index < -0.39 is 24.2 Å². The lowest BCUT2D eigenvalue weighted by atomic mass is 10.0. The summed E-state index contributed by atoms with van der Waals surface area (Å²) in [6, 6.07) is 14.0. The van der Waals surface area contributed by atoms with Gasteiger partial charge in [-0.1, -0.05) is 95.2 Å². The molecule has 1 heterocycles. The van der Waals surface area contributed by atoms with Crippen LogP contribution in [0.2, 0.25) is 0 Å². The van der Waals surface area contributed by atoms with Crippen molar-refractivity contribution in [1.82, 2.24) is 9.97 Å². The van der Waals surface area contributed by atoms with Crippen LogP contribution in [0.5, 0.6) is 0 Å². The van der Waals surface area contributed by atoms with Crippen LogP contribution >= 0.6 is 0 Å². The average Bonchev–Trinajstić information content (AvgIpc) is 2.99. The molecule has 0 radical (unpaired) electrons. The van der Waals surface area contributed by atoms with Crippen molar-refractivity contribution >= 4 is 11.9 Å². The molecular weight excluding hydrogens is 545 g/mol. The van der Waals surface area contributed by atoms with Gasteiger partial charge in [-0.2, -0.15) is 13.2 Å². The standard InChI is InChI=1S/C33H39F3N2O4/c1-3-5-7-8-9-10-11-12-24-13-15-26(16-14-24)30-37-22-28(23-38-30)25-17-19-27(20-18-25)31(39)42-29(33(34,35)36)32(40)41-21-6-4-2/h13-20,22-23,29H,3-12,21H2,1-2H3. The Kier molecular flexibility index (Phi) is 13.0. The molecule has 0 spiro atoms. The smallest absolute Gasteiger partial charge is 0.436 e. The molecule has 3 rings (SSSR count). The number of esters is 2. The largest absolute Gasteiger partial charge is 0.463 e. The first-order chi connectivity index (χ1) is 20.2. The van der Waals surface area contributed by atoms with Gasteiger partial charge in [0.1, 0.15) is 0 Å². The van der Waals surface area contributed by atoms with Crippen LogP contribution in [0.4, 0.5) is 13.2 Å². The van der Waals surface area contributed by atoms with Crippen molar-refractivity contribution in [2.24, 2.45) is 0 Å². The first kappa shape index (κ1) is 32.8. The normalized spacial score (nSPS) is 12.1. The van der Waals surface area contributed by atoms with Crippen molar-refractivity contribution in [1.29, 1.82) is 0 Å². The van der Waals surface area contributed by atoms with Gasteiger partial charge in [-0.25, -0.2) is 19.6 Å². The molecule has 6 nitrogen and oxygen atoms in total. The SMILES string of the molecule is CCCCCCCCCc1ccc(-c2ncc(-c3ccc(C(=O)OC(C(=O)OCCCC)C(F)(F)F)cc3)cn2)cc1. The molecule has 0 aliphatic heterocycles. The molecule has 2 aromatic carbocycles. The second-order valence-corrected chi connectivity index (χ2v) is 10.3. The molecule has 0 aliphatic rings. The van der Waals surface area contributed by atoms with Crippen LogP contribution in [-0.2, 0) is 20.7 Å². The molecule has 0 saturated heterocycles. The zero-order valence-electron chi connectivity index (χ0n) is 24.3. The lowest BCUT2D eigenvalue weighted by Gasteiger charge is -2.19. The topological polar surface area (TPSA) is 78.4 Å². The van der Waals surface area contributed by atoms with Gasteiger partial charge in [0.05, 0.1) is 12.2 Å². The number of rotatable bonds is 16. The Bertz CT molecular complexity index is 1240. The Morgan fingerprint density at radius 2 is 1.31 bits per heavy atom. The van der Waals surface area contributed by atoms with Crippen LogP contribution in [0.15, 0.2) is 60.9 Å². The predicted octanol–water partition coefficient (Wildman–Crippen LogP) is 8.53. The number of carbonyl (C=O) groups excluding carboxylic acids is 2. The van der Waals surface area contributed by atoms with Gasteiger partial charge in [-0.15, -0.1) is 0 Å². The van der Waals surface area contributed by atoms with Gasteiger partial charge in [0, 0.05) is 23.5 Å². The third-order valence-corrected chi connectivity index (χ3v) is 6.87. The Morgan fingerprint density at radius 3 is 1.90 bits per heavy atom. The minimum atomic E-state index is -5.09. The van der Waals surface area contributed by atoms with Gasteiger partial charge >= 0.3 is 18.1 Å². The summed E-state index contributed by atoms with van der Waals surface area (Å²) in [7, 11) is 0. The summed E-state index contributed by atoms with van der Waals surface area (Å²) in [5, 5.41) is 0. The Morgan fingerprint density at radius 1 is 0.738 bits per heavy atom. The molecule has 0 bridgehead atoms. The highest BCUT2D eigenvalue weighted by atomic mass is 19.4. The predicted molar refractivity (Wildman–Crippen MR) is 156 cm³/mol. The van der Waals surface area contributed by atoms with Crippen molar-refractivity contribution < 1.29 is 32.2 Å². The van der Waals surface area contributed by atoms with E-state index in [1.54, 1.807) is 31.5 Å². The third-order valence-electron chi connectivity index (χ3n) is 6.87. The number of hydrogen-bond acceptors (Lipinski definition) is 6. The first-order valence-electron chi connectivity index (χ1n) is 14.7. The molecule has 0 saturated carbocycles. The summed E-state index contributed by atoms with van der Waals surface area (Å²) < 4.78 is 49.1. The van der Waals surface area contributed by atoms with E-state index in [0.29, 0.717) is 29.8 Å². The highest BCUT2D eigenvalue weighted by Crippen LogP contribution is 2.26. The fourth-order valence-electron chi connectivity index (χ4n) is 4.35. The number of nitrogens with zero attached hydrogens (tertiary/aromatic N) is 2. The average molecular weight is 585 g/mol. The number of halogens is 3. The molecule has 0 N–H and O–H groups in total. The van der Waals surface area contributed by atoms with Crippen molar-refractivity contribution in [3.8, 4) is 22.5 Å². The number of hydrogen-bond donors (Lipinski definition) is 0. The van der Waals surface area contributed by atoms with Crippen molar-refractivity contribution in [2.75, 3.05) is 6.61 Å². The highest BCUT2D eigenvalue weighted by Gasteiger charge is 2.49. The van der Waals surface area contributed by atoms with E-state index in [-0.39, 0.29) is 12.2 Å². The molecule has 1 atom stereocenters. The molecule has 0 amide bonds. The Labute approximate surface area is 245 Å². The van der Waals surface area contributed by atoms with E-state index in [1.807, 2.05) is 12.1 Å². The summed E-state index contributed by atoms with van der Waals surface area (Å²) in [5.41, 5.74) is 3.38. The fraction of sp³-hybridized carbons (Fsp3) is 0.455. The molecule has 1 unspecified atom stereocenters. The van der Waals surface area contributed by atoms with Crippen LogP contribution < -0.4 is 0 Å². The number of carbonyl (C=O) groups is 2. The maximum atomic E-state index is 13.3. The number of alkyl halides is 3. The monoisotopic (exact) mass is 584 g/mol. The second-order valence-electron chi connectivity index (χ2n) is 10.3. The summed E-state index contributed by atoms with van der Waals surface area (Å²) in [6.07, 6.45) is 6.26. The number of aromatic nitrogens is 2. The summed E-state index contributed by atoms with van der Waals surface area (Å²) in [4.78, 5) is 33.2. The van der Waals surface area contributed by atoms with E-state index in [0.717, 1.165) is 12.0 Å². The van der Waals surface area contributed by atoms with Crippen molar-refractivity contribution in [3.63, 3.8) is 0 Å². The zero-order valence-corrected chi connectivity index (χ0v) is 24.3. The number of ether oxygens (including phenoxy) is 2. The van der Waals surface area contributed by atoms with Crippen LogP contribution in [0.25, 0.3) is 22.5 Å². The van der Waals surface area contributed by atoms with Crippen molar-refractivity contribution in [3.05, 3.63) is 72.1 Å². The summed E-state index contributed by atoms with van der Waals surface area (Å²) in [6.45, 7) is 3.85. The van der Waals surface area contributed by atoms with Gasteiger partial charge in [0.25, 0.3) is 6.10 Å². The fourth-order valence-corrected chi connectivity index (χ4v) is 4.35. The number of benzene rings is 2. The highest BCUT2D eigenvalue weighted by molar-refractivity contribution is 5.92. The molecule has 3 aromatic rings. The molecule has 0 fully saturated rings. The first-order valence-corrected chi connectivity index (χ1v) is 14.7. The van der Waals surface area contributed by atoms with E-state index >= 15 is 0 Å². The second kappa shape index (κ2) is 16.6. The third kappa shape index (κ3) is 10.3. The quantitative estimate of drug-likeness (QED) is 0.124. The maximum Gasteiger partial charge on any atom is 0.436 e. The van der Waals surface area contributed by atoms with Crippen LogP contribution in [-0.4, -0.2) is 40.8 Å². The van der Waals surface area contributed by atoms with Gasteiger partial charge in [0.15, 0.2) is 5.82 Å². The van der Waals surface area contributed by atoms with Gasteiger partial charge in [-0.3, -0.25) is 0 Å². The van der Waals surface area contributed by atoms with Gasteiger partial charge < -0.3 is 9.47 Å². The van der Waals surface area contributed by atoms with Crippen LogP contribution in [0.1, 0.15) is 87.6 Å². The molecule has 1 aromatic heterocycles. The Balaban J connectivity index is 1.55. The van der Waals surface area contributed by atoms with E-state index in [4.69, 9.17) is 0 Å². The summed E-state index contributed by atoms with van der Waals surface area (Å²) >= 11 is 0. The van der Waals surface area contributed by atoms with Crippen LogP contribution in [0.3, 0.4) is 0 Å². The molecule has 0 aliphatic carbocycles. The van der Waals surface area contributed by atoms with E-state index in [9.17, 15) is 22.8 Å². The number of aryl methyl sites for hydroxylation is 1. The van der Waals surface area contributed by atoms with E-state index in [1.165, 1.54) is 62.6 Å². The lowest BCUT2D eigenvalue weighted by Crippen LogP contribution is -2.42. The van der Waals surface area contributed by atoms with Crippen molar-refractivity contribution in [2.45, 2.75) is 90.3 Å². The van der Waals surface area contributed by atoms with Gasteiger partial charge in [-0.05, 0) is 42.5 Å². The number of unbranched alkanes of at least 4 members (excludes halogenated alkanes) is 7. The molecule has 226 valence electrons. The van der Waals surface area contributed by atoms with E-state index in [2.05, 4.69) is 38.5 Å². The maximum absolute atomic E-state index is 13.3.